The van der Waals surface area contributed by atoms with E-state index in [1.54, 1.807) is 29.2 Å². The van der Waals surface area contributed by atoms with Gasteiger partial charge in [0.05, 0.1) is 4.90 Å². The maximum absolute atomic E-state index is 13.8. The first-order valence-corrected chi connectivity index (χ1v) is 15.1. The SMILES string of the molecule is CCCCNC(=O)C(c1ccccc1)N(Cc1ccccc1)C(=O)CCc1ccc(S(=O)(=O)NC2CC2)cc1. The van der Waals surface area contributed by atoms with Crippen LogP contribution in [-0.4, -0.2) is 37.7 Å². The predicted octanol–water partition coefficient (Wildman–Crippen LogP) is 4.75. The molecule has 3 aromatic rings. The quantitative estimate of drug-likeness (QED) is 0.285. The molecule has 8 heteroatoms. The number of sulfonamides is 1. The van der Waals surface area contributed by atoms with E-state index in [1.807, 2.05) is 60.7 Å². The number of benzene rings is 3. The largest absolute Gasteiger partial charge is 0.354 e. The lowest BCUT2D eigenvalue weighted by Gasteiger charge is -2.32. The van der Waals surface area contributed by atoms with E-state index < -0.39 is 16.1 Å². The topological polar surface area (TPSA) is 95.6 Å². The lowest BCUT2D eigenvalue weighted by atomic mass is 10.0. The fraction of sp³-hybridized carbons (Fsp3) is 0.355. The number of nitrogens with one attached hydrogen (secondary N) is 2. The van der Waals surface area contributed by atoms with Crippen LogP contribution in [0.2, 0.25) is 0 Å². The molecule has 0 heterocycles. The van der Waals surface area contributed by atoms with Gasteiger partial charge in [-0.05, 0) is 54.5 Å². The van der Waals surface area contributed by atoms with Crippen LogP contribution in [0.4, 0.5) is 0 Å². The third-order valence-corrected chi connectivity index (χ3v) is 8.32. The molecular formula is C31H37N3O4S. The van der Waals surface area contributed by atoms with Crippen molar-refractivity contribution in [3.05, 3.63) is 102 Å². The van der Waals surface area contributed by atoms with Gasteiger partial charge in [0.15, 0.2) is 0 Å². The lowest BCUT2D eigenvalue weighted by molar-refractivity contribution is -0.141. The van der Waals surface area contributed by atoms with Crippen molar-refractivity contribution in [1.82, 2.24) is 14.9 Å². The first kappa shape index (κ1) is 28.5. The number of amides is 2. The number of rotatable bonds is 14. The van der Waals surface area contributed by atoms with Crippen LogP contribution in [0.3, 0.4) is 0 Å². The van der Waals surface area contributed by atoms with Gasteiger partial charge in [-0.15, -0.1) is 0 Å². The van der Waals surface area contributed by atoms with Crippen LogP contribution in [0.15, 0.2) is 89.8 Å². The van der Waals surface area contributed by atoms with E-state index in [0.717, 1.165) is 42.4 Å². The van der Waals surface area contributed by atoms with Crippen LogP contribution < -0.4 is 10.0 Å². The molecule has 1 fully saturated rings. The number of aryl methyl sites for hydroxylation is 1. The number of unbranched alkanes of at least 4 members (excludes halogenated alkanes) is 1. The van der Waals surface area contributed by atoms with E-state index in [4.69, 9.17) is 0 Å². The normalized spacial score (nSPS) is 14.0. The van der Waals surface area contributed by atoms with Crippen molar-refractivity contribution < 1.29 is 18.0 Å². The van der Waals surface area contributed by atoms with E-state index in [9.17, 15) is 18.0 Å². The summed E-state index contributed by atoms with van der Waals surface area (Å²) in [5.74, 6) is -0.345. The van der Waals surface area contributed by atoms with Crippen molar-refractivity contribution in [2.75, 3.05) is 6.54 Å². The summed E-state index contributed by atoms with van der Waals surface area (Å²) >= 11 is 0. The van der Waals surface area contributed by atoms with E-state index in [0.29, 0.717) is 19.5 Å². The number of hydrogen-bond acceptors (Lipinski definition) is 4. The predicted molar refractivity (Wildman–Crippen MR) is 152 cm³/mol. The fourth-order valence-corrected chi connectivity index (χ4v) is 5.72. The second-order valence-electron chi connectivity index (χ2n) is 10.0. The van der Waals surface area contributed by atoms with Crippen LogP contribution in [0.1, 0.15) is 61.8 Å². The van der Waals surface area contributed by atoms with Gasteiger partial charge in [-0.1, -0.05) is 86.1 Å². The van der Waals surface area contributed by atoms with Gasteiger partial charge in [0.25, 0.3) is 0 Å². The minimum atomic E-state index is -3.52. The molecule has 0 bridgehead atoms. The zero-order valence-electron chi connectivity index (χ0n) is 22.4. The minimum Gasteiger partial charge on any atom is -0.354 e. The van der Waals surface area contributed by atoms with E-state index in [1.165, 1.54) is 0 Å². The van der Waals surface area contributed by atoms with Gasteiger partial charge in [0.1, 0.15) is 6.04 Å². The van der Waals surface area contributed by atoms with Gasteiger partial charge in [0, 0.05) is 25.6 Å². The number of hydrogen-bond donors (Lipinski definition) is 2. The van der Waals surface area contributed by atoms with Crippen molar-refractivity contribution in [2.24, 2.45) is 0 Å². The van der Waals surface area contributed by atoms with Gasteiger partial charge in [-0.2, -0.15) is 0 Å². The Morgan fingerprint density at radius 2 is 1.54 bits per heavy atom. The molecular weight excluding hydrogens is 510 g/mol. The molecule has 0 saturated heterocycles. The molecule has 39 heavy (non-hydrogen) atoms. The highest BCUT2D eigenvalue weighted by molar-refractivity contribution is 7.89. The van der Waals surface area contributed by atoms with Crippen LogP contribution >= 0.6 is 0 Å². The molecule has 2 N–H and O–H groups in total. The van der Waals surface area contributed by atoms with E-state index in [2.05, 4.69) is 17.0 Å². The van der Waals surface area contributed by atoms with Gasteiger partial charge >= 0.3 is 0 Å². The standard InChI is InChI=1S/C31H37N3O4S/c1-2-3-22-32-31(36)30(26-12-8-5-9-13-26)34(23-25-10-6-4-7-11-25)29(35)21-16-24-14-19-28(20-15-24)39(37,38)33-27-17-18-27/h4-15,19-20,27,30,33H,2-3,16-18,21-23H2,1H3,(H,32,36). The van der Waals surface area contributed by atoms with Crippen molar-refractivity contribution in [2.45, 2.75) is 69.0 Å². The lowest BCUT2D eigenvalue weighted by Crippen LogP contribution is -2.43. The summed E-state index contributed by atoms with van der Waals surface area (Å²) in [5.41, 5.74) is 2.55. The van der Waals surface area contributed by atoms with Crippen LogP contribution in [0.5, 0.6) is 0 Å². The summed E-state index contributed by atoms with van der Waals surface area (Å²) in [5, 5.41) is 3.02. The maximum atomic E-state index is 13.8. The Kier molecular flexibility index (Phi) is 9.90. The molecule has 0 aliphatic heterocycles. The monoisotopic (exact) mass is 547 g/mol. The molecule has 1 saturated carbocycles. The van der Waals surface area contributed by atoms with Crippen molar-refractivity contribution in [1.29, 1.82) is 0 Å². The summed E-state index contributed by atoms with van der Waals surface area (Å²) in [6, 6.07) is 25.0. The van der Waals surface area contributed by atoms with Crippen molar-refractivity contribution in [3.8, 4) is 0 Å². The number of carbonyl (C=O) groups is 2. The maximum Gasteiger partial charge on any atom is 0.247 e. The van der Waals surface area contributed by atoms with Gasteiger partial charge in [-0.3, -0.25) is 9.59 Å². The summed E-state index contributed by atoms with van der Waals surface area (Å²) in [6.45, 7) is 2.92. The molecule has 3 aromatic carbocycles. The highest BCUT2D eigenvalue weighted by atomic mass is 32.2. The summed E-state index contributed by atoms with van der Waals surface area (Å²) in [7, 11) is -3.52. The highest BCUT2D eigenvalue weighted by Crippen LogP contribution is 2.26. The zero-order chi connectivity index (χ0) is 27.7. The molecule has 7 nitrogen and oxygen atoms in total. The third-order valence-electron chi connectivity index (χ3n) is 6.78. The smallest absolute Gasteiger partial charge is 0.247 e. The van der Waals surface area contributed by atoms with Crippen LogP contribution in [0.25, 0.3) is 0 Å². The Bertz CT molecular complexity index is 1330. The van der Waals surface area contributed by atoms with E-state index >= 15 is 0 Å². The molecule has 1 aliphatic carbocycles. The average molecular weight is 548 g/mol. The summed E-state index contributed by atoms with van der Waals surface area (Å²) < 4.78 is 27.6. The Labute approximate surface area is 231 Å². The average Bonchev–Trinajstić information content (AvgIpc) is 3.76. The first-order valence-electron chi connectivity index (χ1n) is 13.6. The van der Waals surface area contributed by atoms with Crippen molar-refractivity contribution >= 4 is 21.8 Å². The first-order chi connectivity index (χ1) is 18.9. The molecule has 0 spiro atoms. The molecule has 1 unspecified atom stereocenters. The Morgan fingerprint density at radius 1 is 0.897 bits per heavy atom. The Balaban J connectivity index is 1.53. The zero-order valence-corrected chi connectivity index (χ0v) is 23.2. The Morgan fingerprint density at radius 3 is 2.15 bits per heavy atom. The minimum absolute atomic E-state index is 0.0413. The molecule has 1 atom stereocenters. The van der Waals surface area contributed by atoms with Gasteiger partial charge < -0.3 is 10.2 Å². The second-order valence-corrected chi connectivity index (χ2v) is 11.7. The number of nitrogens with zero attached hydrogens (tertiary/aromatic N) is 1. The van der Waals surface area contributed by atoms with E-state index in [-0.39, 0.29) is 29.2 Å². The molecule has 2 amide bonds. The third kappa shape index (κ3) is 8.25. The number of carbonyl (C=O) groups excluding carboxylic acids is 2. The van der Waals surface area contributed by atoms with Crippen LogP contribution in [0, 0.1) is 0 Å². The molecule has 0 radical (unpaired) electrons. The van der Waals surface area contributed by atoms with Crippen molar-refractivity contribution in [3.63, 3.8) is 0 Å². The summed E-state index contributed by atoms with van der Waals surface area (Å²) in [6.07, 6.45) is 4.19. The van der Waals surface area contributed by atoms with Crippen LogP contribution in [-0.2, 0) is 32.6 Å². The summed E-state index contributed by atoms with van der Waals surface area (Å²) in [4.78, 5) is 29.1. The molecule has 0 aromatic heterocycles. The highest BCUT2D eigenvalue weighted by Gasteiger charge is 2.31. The van der Waals surface area contributed by atoms with Gasteiger partial charge in [0.2, 0.25) is 21.8 Å². The molecule has 206 valence electrons. The molecule has 1 aliphatic rings. The molecule has 4 rings (SSSR count). The second kappa shape index (κ2) is 13.5. The fourth-order valence-electron chi connectivity index (χ4n) is 4.42. The van der Waals surface area contributed by atoms with Gasteiger partial charge in [-0.25, -0.2) is 13.1 Å². The Hall–Kier alpha value is -3.49.